The van der Waals surface area contributed by atoms with Crippen LogP contribution in [0.1, 0.15) is 27.7 Å². The number of hydrogen-bond donors (Lipinski definition) is 0. The van der Waals surface area contributed by atoms with Gasteiger partial charge in [-0.1, -0.05) is 27.7 Å². The summed E-state index contributed by atoms with van der Waals surface area (Å²) >= 11 is 0. The van der Waals surface area contributed by atoms with E-state index >= 15 is 0 Å². The summed E-state index contributed by atoms with van der Waals surface area (Å²) in [6, 6.07) is 0. The Labute approximate surface area is 72.2 Å². The van der Waals surface area contributed by atoms with Crippen molar-refractivity contribution in [3.05, 3.63) is 0 Å². The van der Waals surface area contributed by atoms with Gasteiger partial charge in [0.15, 0.2) is 0 Å². The molecular weight excluding hydrogens is 160 g/mol. The van der Waals surface area contributed by atoms with Crippen LogP contribution in [0.5, 0.6) is 0 Å². The first kappa shape index (κ1) is 13.5. The van der Waals surface area contributed by atoms with Gasteiger partial charge in [0.05, 0.1) is 0 Å². The molecule has 0 atom stereocenters. The summed E-state index contributed by atoms with van der Waals surface area (Å²) in [6.45, 7) is 6.31. The van der Waals surface area contributed by atoms with E-state index in [0.717, 1.165) is 0 Å². The van der Waals surface area contributed by atoms with Gasteiger partial charge in [-0.25, -0.2) is 0 Å². The molecule has 12 heavy (non-hydrogen) atoms. The first-order valence-corrected chi connectivity index (χ1v) is 3.70. The third-order valence-corrected chi connectivity index (χ3v) is 0.943. The number of carbonyl (C=O) groups is 2. The van der Waals surface area contributed by atoms with E-state index in [1.54, 1.807) is 27.7 Å². The topological polar surface area (TPSA) is 80.3 Å². The zero-order valence-corrected chi connectivity index (χ0v) is 7.79. The van der Waals surface area contributed by atoms with E-state index in [2.05, 4.69) is 0 Å². The number of hydrogen-bond acceptors (Lipinski definition) is 4. The molecule has 0 unspecified atom stereocenters. The Morgan fingerprint density at radius 1 is 0.833 bits per heavy atom. The summed E-state index contributed by atoms with van der Waals surface area (Å²) in [4.78, 5) is 19.2. The lowest BCUT2D eigenvalue weighted by atomic mass is 10.2. The average molecular weight is 174 g/mol. The standard InChI is InChI=1S/2C4H8O2/c2*1-3(2)4(5)6/h2*3H,1-2H3,(H,5,6)/p-2. The van der Waals surface area contributed by atoms with Crippen LogP contribution in [-0.4, -0.2) is 11.9 Å². The zero-order chi connectivity index (χ0) is 10.3. The van der Waals surface area contributed by atoms with Crippen LogP contribution in [0.15, 0.2) is 0 Å². The van der Waals surface area contributed by atoms with E-state index in [1.165, 1.54) is 0 Å². The highest BCUT2D eigenvalue weighted by atomic mass is 16.4. The van der Waals surface area contributed by atoms with Crippen LogP contribution >= 0.6 is 0 Å². The van der Waals surface area contributed by atoms with Gasteiger partial charge in [-0.3, -0.25) is 0 Å². The third-order valence-electron chi connectivity index (χ3n) is 0.943. The Morgan fingerprint density at radius 3 is 0.917 bits per heavy atom. The quantitative estimate of drug-likeness (QED) is 0.525. The highest BCUT2D eigenvalue weighted by Gasteiger charge is 1.87. The number of rotatable bonds is 2. The van der Waals surface area contributed by atoms with Gasteiger partial charge in [-0.05, 0) is 11.8 Å². The van der Waals surface area contributed by atoms with Gasteiger partial charge >= 0.3 is 0 Å². The zero-order valence-electron chi connectivity index (χ0n) is 7.79. The molecule has 0 radical (unpaired) electrons. The van der Waals surface area contributed by atoms with E-state index in [-0.39, 0.29) is 11.8 Å². The molecule has 0 fully saturated rings. The molecule has 0 saturated carbocycles. The third kappa shape index (κ3) is 11.7. The van der Waals surface area contributed by atoms with E-state index in [4.69, 9.17) is 0 Å². The van der Waals surface area contributed by atoms with Crippen molar-refractivity contribution in [1.29, 1.82) is 0 Å². The highest BCUT2D eigenvalue weighted by molar-refractivity contribution is 5.66. The van der Waals surface area contributed by atoms with Crippen LogP contribution in [0.3, 0.4) is 0 Å². The molecule has 0 aromatic heterocycles. The van der Waals surface area contributed by atoms with Crippen LogP contribution in [0.25, 0.3) is 0 Å². The second-order valence-electron chi connectivity index (χ2n) is 2.95. The molecule has 0 spiro atoms. The maximum absolute atomic E-state index is 9.59. The predicted octanol–water partition coefficient (Wildman–Crippen LogP) is -1.22. The largest absolute Gasteiger partial charge is 0.550 e. The number of carboxylic acid groups (broad SMARTS) is 2. The van der Waals surface area contributed by atoms with Crippen molar-refractivity contribution in [1.82, 2.24) is 0 Å². The van der Waals surface area contributed by atoms with Crippen molar-refractivity contribution in [3.8, 4) is 0 Å². The molecule has 4 heteroatoms. The minimum absolute atomic E-state index is 0.343. The van der Waals surface area contributed by atoms with Crippen LogP contribution in [0, 0.1) is 11.8 Å². The summed E-state index contributed by atoms with van der Waals surface area (Å²) < 4.78 is 0. The molecule has 0 aromatic rings. The summed E-state index contributed by atoms with van der Waals surface area (Å²) in [7, 11) is 0. The minimum atomic E-state index is -0.991. The molecule has 0 N–H and O–H groups in total. The predicted molar refractivity (Wildman–Crippen MR) is 39.7 cm³/mol. The molecule has 4 nitrogen and oxygen atoms in total. The Hall–Kier alpha value is -1.06. The van der Waals surface area contributed by atoms with Crippen molar-refractivity contribution in [2.45, 2.75) is 27.7 Å². The molecule has 0 bridgehead atoms. The monoisotopic (exact) mass is 174 g/mol. The number of carbonyl (C=O) groups excluding carboxylic acids is 2. The lowest BCUT2D eigenvalue weighted by Crippen LogP contribution is -2.27. The fraction of sp³-hybridized carbons (Fsp3) is 0.750. The average Bonchev–Trinajstić information content (AvgIpc) is 1.88. The number of carboxylic acids is 2. The van der Waals surface area contributed by atoms with E-state index in [0.29, 0.717) is 0 Å². The molecular formula is C8H14O4-2. The lowest BCUT2D eigenvalue weighted by molar-refractivity contribution is -0.311. The van der Waals surface area contributed by atoms with Crippen LogP contribution in [-0.2, 0) is 9.59 Å². The fourth-order valence-corrected chi connectivity index (χ4v) is 0. The van der Waals surface area contributed by atoms with Gasteiger partial charge in [0.1, 0.15) is 0 Å². The second kappa shape index (κ2) is 6.64. The van der Waals surface area contributed by atoms with E-state index < -0.39 is 11.9 Å². The highest BCUT2D eigenvalue weighted by Crippen LogP contribution is 1.84. The molecule has 0 aliphatic rings. The maximum atomic E-state index is 9.59. The molecule has 0 amide bonds. The van der Waals surface area contributed by atoms with Crippen molar-refractivity contribution >= 4 is 11.9 Å². The Kier molecular flexibility index (Phi) is 7.48. The molecule has 0 heterocycles. The van der Waals surface area contributed by atoms with Crippen LogP contribution in [0.2, 0.25) is 0 Å². The lowest BCUT2D eigenvalue weighted by Gasteiger charge is -2.01. The molecule has 0 rings (SSSR count). The van der Waals surface area contributed by atoms with Gasteiger partial charge in [-0.2, -0.15) is 0 Å². The Balaban J connectivity index is 0. The Bertz CT molecular complexity index is 131. The van der Waals surface area contributed by atoms with Crippen LogP contribution in [0.4, 0.5) is 0 Å². The molecule has 0 aromatic carbocycles. The van der Waals surface area contributed by atoms with E-state index in [9.17, 15) is 19.8 Å². The van der Waals surface area contributed by atoms with Gasteiger partial charge in [0, 0.05) is 11.9 Å². The van der Waals surface area contributed by atoms with Gasteiger partial charge in [0.25, 0.3) is 0 Å². The molecule has 0 aliphatic heterocycles. The fourth-order valence-electron chi connectivity index (χ4n) is 0. The van der Waals surface area contributed by atoms with Gasteiger partial charge in [0.2, 0.25) is 0 Å². The van der Waals surface area contributed by atoms with E-state index in [1.807, 2.05) is 0 Å². The van der Waals surface area contributed by atoms with Gasteiger partial charge < -0.3 is 19.8 Å². The second-order valence-corrected chi connectivity index (χ2v) is 2.95. The van der Waals surface area contributed by atoms with Gasteiger partial charge in [-0.15, -0.1) is 0 Å². The maximum Gasteiger partial charge on any atom is 0.0439 e. The first-order chi connectivity index (χ1) is 5.29. The van der Waals surface area contributed by atoms with Crippen molar-refractivity contribution in [3.63, 3.8) is 0 Å². The minimum Gasteiger partial charge on any atom is -0.550 e. The summed E-state index contributed by atoms with van der Waals surface area (Å²) in [6.07, 6.45) is 0. The summed E-state index contributed by atoms with van der Waals surface area (Å²) in [5.41, 5.74) is 0. The number of aliphatic carboxylic acids is 2. The smallest absolute Gasteiger partial charge is 0.0439 e. The molecule has 0 saturated heterocycles. The summed E-state index contributed by atoms with van der Waals surface area (Å²) in [5.74, 6) is -2.67. The van der Waals surface area contributed by atoms with Crippen LogP contribution < -0.4 is 10.2 Å². The molecule has 72 valence electrons. The van der Waals surface area contributed by atoms with Crippen molar-refractivity contribution < 1.29 is 19.8 Å². The molecule has 0 aliphatic carbocycles. The SMILES string of the molecule is CC(C)C(=O)[O-].CC(C)C(=O)[O-]. The normalized spacial score (nSPS) is 9.17. The van der Waals surface area contributed by atoms with Crippen molar-refractivity contribution in [2.24, 2.45) is 11.8 Å². The Morgan fingerprint density at radius 2 is 0.917 bits per heavy atom. The summed E-state index contributed by atoms with van der Waals surface area (Å²) in [5, 5.41) is 19.2. The first-order valence-electron chi connectivity index (χ1n) is 3.70. The van der Waals surface area contributed by atoms with Crippen molar-refractivity contribution in [2.75, 3.05) is 0 Å².